The van der Waals surface area contributed by atoms with Gasteiger partial charge in [-0.3, -0.25) is 4.79 Å². The highest BCUT2D eigenvalue weighted by molar-refractivity contribution is 7.16. The molecule has 0 spiro atoms. The summed E-state index contributed by atoms with van der Waals surface area (Å²) in [7, 11) is 0. The van der Waals surface area contributed by atoms with Crippen molar-refractivity contribution in [3.05, 3.63) is 21.3 Å². The number of halogens is 1. The minimum absolute atomic E-state index is 0.0751. The van der Waals surface area contributed by atoms with Crippen molar-refractivity contribution >= 4 is 34.9 Å². The minimum atomic E-state index is -0.272. The zero-order valence-electron chi connectivity index (χ0n) is 11.3. The van der Waals surface area contributed by atoms with Gasteiger partial charge in [0.15, 0.2) is 0 Å². The van der Waals surface area contributed by atoms with Crippen LogP contribution in [0.2, 0.25) is 4.34 Å². The lowest BCUT2D eigenvalue weighted by Gasteiger charge is -2.31. The number of piperidine rings is 1. The number of nitrogens with one attached hydrogen (secondary N) is 1. The highest BCUT2D eigenvalue weighted by Gasteiger charge is 2.26. The molecule has 7 heteroatoms. The number of nitrogens with two attached hydrogens (primary N) is 1. The predicted octanol–water partition coefficient (Wildman–Crippen LogP) is 2.37. The molecule has 5 nitrogen and oxygen atoms in total. The van der Waals surface area contributed by atoms with Crippen LogP contribution in [0, 0.1) is 5.92 Å². The van der Waals surface area contributed by atoms with Crippen LogP contribution in [-0.2, 0) is 4.79 Å². The average molecular weight is 316 g/mol. The van der Waals surface area contributed by atoms with Crippen LogP contribution in [0.5, 0.6) is 0 Å². The van der Waals surface area contributed by atoms with Crippen molar-refractivity contribution in [2.45, 2.75) is 25.8 Å². The third-order valence-electron chi connectivity index (χ3n) is 3.55. The van der Waals surface area contributed by atoms with Crippen molar-refractivity contribution in [1.29, 1.82) is 0 Å². The summed E-state index contributed by atoms with van der Waals surface area (Å²) in [6.45, 7) is 3.06. The van der Waals surface area contributed by atoms with Crippen LogP contribution in [0.3, 0.4) is 0 Å². The van der Waals surface area contributed by atoms with E-state index < -0.39 is 0 Å². The number of nitrogens with zero attached hydrogens (tertiary/aromatic N) is 1. The van der Waals surface area contributed by atoms with Gasteiger partial charge in [0.2, 0.25) is 5.91 Å². The number of hydrogen-bond donors (Lipinski definition) is 2. The summed E-state index contributed by atoms with van der Waals surface area (Å²) in [5, 5.41) is 2.95. The van der Waals surface area contributed by atoms with Gasteiger partial charge in [0.05, 0.1) is 10.4 Å². The molecule has 3 amide bonds. The highest BCUT2D eigenvalue weighted by atomic mass is 35.5. The maximum absolute atomic E-state index is 12.1. The van der Waals surface area contributed by atoms with Crippen LogP contribution in [0.1, 0.15) is 30.7 Å². The third kappa shape index (κ3) is 3.64. The fourth-order valence-corrected chi connectivity index (χ4v) is 3.34. The molecule has 1 aromatic rings. The van der Waals surface area contributed by atoms with Crippen LogP contribution in [0.4, 0.5) is 4.79 Å². The monoisotopic (exact) mass is 315 g/mol. The fourth-order valence-electron chi connectivity index (χ4n) is 2.28. The normalized spacial score (nSPS) is 17.8. The van der Waals surface area contributed by atoms with Gasteiger partial charge in [0.1, 0.15) is 0 Å². The number of carbonyl (C=O) groups excluding carboxylic acids is 2. The van der Waals surface area contributed by atoms with Crippen LogP contribution in [0.25, 0.3) is 0 Å². The second-order valence-corrected chi connectivity index (χ2v) is 6.72. The predicted molar refractivity (Wildman–Crippen MR) is 79.8 cm³/mol. The van der Waals surface area contributed by atoms with E-state index in [0.29, 0.717) is 30.3 Å². The maximum atomic E-state index is 12.1. The Labute approximate surface area is 127 Å². The number of urea groups is 1. The lowest BCUT2D eigenvalue weighted by Crippen LogP contribution is -2.46. The first-order valence-corrected chi connectivity index (χ1v) is 7.77. The van der Waals surface area contributed by atoms with Crippen molar-refractivity contribution in [3.8, 4) is 0 Å². The van der Waals surface area contributed by atoms with Crippen molar-refractivity contribution < 1.29 is 9.59 Å². The topological polar surface area (TPSA) is 75.4 Å². The molecule has 1 saturated heterocycles. The molecule has 0 unspecified atom stereocenters. The molecule has 1 aromatic heterocycles. The Balaban J connectivity index is 1.85. The van der Waals surface area contributed by atoms with E-state index in [4.69, 9.17) is 17.3 Å². The molecule has 0 aromatic carbocycles. The molecule has 3 N–H and O–H groups in total. The Hall–Kier alpha value is -1.27. The first-order chi connectivity index (χ1) is 9.47. The quantitative estimate of drug-likeness (QED) is 0.898. The van der Waals surface area contributed by atoms with E-state index in [1.54, 1.807) is 4.90 Å². The molecular formula is C13H18ClN3O2S. The number of rotatable bonds is 3. The Morgan fingerprint density at radius 3 is 2.60 bits per heavy atom. The van der Waals surface area contributed by atoms with Gasteiger partial charge in [0.25, 0.3) is 0 Å². The van der Waals surface area contributed by atoms with Crippen molar-refractivity contribution in [1.82, 2.24) is 10.2 Å². The molecule has 0 radical (unpaired) electrons. The number of likely N-dealkylation sites (tertiary alicyclic amines) is 1. The van der Waals surface area contributed by atoms with Crippen LogP contribution >= 0.6 is 22.9 Å². The summed E-state index contributed by atoms with van der Waals surface area (Å²) in [4.78, 5) is 26.0. The SMILES string of the molecule is C[C@@H](NC(=O)N1CCC(C(N)=O)CC1)c1ccc(Cl)s1. The average Bonchev–Trinajstić information content (AvgIpc) is 2.85. The van der Waals surface area contributed by atoms with E-state index in [2.05, 4.69) is 5.32 Å². The molecule has 20 heavy (non-hydrogen) atoms. The van der Waals surface area contributed by atoms with Gasteiger partial charge in [-0.15, -0.1) is 11.3 Å². The van der Waals surface area contributed by atoms with Gasteiger partial charge in [-0.05, 0) is 31.9 Å². The van der Waals surface area contributed by atoms with E-state index >= 15 is 0 Å². The fraction of sp³-hybridized carbons (Fsp3) is 0.538. The molecule has 0 aliphatic carbocycles. The summed E-state index contributed by atoms with van der Waals surface area (Å²) in [5.41, 5.74) is 5.28. The summed E-state index contributed by atoms with van der Waals surface area (Å²) >= 11 is 7.35. The smallest absolute Gasteiger partial charge is 0.317 e. The van der Waals surface area contributed by atoms with E-state index in [9.17, 15) is 9.59 Å². The van der Waals surface area contributed by atoms with Gasteiger partial charge in [-0.25, -0.2) is 4.79 Å². The number of thiophene rings is 1. The Kier molecular flexibility index (Phi) is 4.88. The molecule has 1 aliphatic rings. The van der Waals surface area contributed by atoms with E-state index in [0.717, 1.165) is 4.88 Å². The van der Waals surface area contributed by atoms with Gasteiger partial charge in [0, 0.05) is 23.9 Å². The summed E-state index contributed by atoms with van der Waals surface area (Å²) < 4.78 is 0.711. The molecule has 2 rings (SSSR count). The van der Waals surface area contributed by atoms with Crippen molar-refractivity contribution in [2.75, 3.05) is 13.1 Å². The standard InChI is InChI=1S/C13H18ClN3O2S/c1-8(10-2-3-11(14)20-10)16-13(19)17-6-4-9(5-7-17)12(15)18/h2-3,8-9H,4-7H2,1H3,(H2,15,18)(H,16,19)/t8-/m1/s1. The van der Waals surface area contributed by atoms with Crippen LogP contribution < -0.4 is 11.1 Å². The minimum Gasteiger partial charge on any atom is -0.369 e. The Morgan fingerprint density at radius 2 is 2.10 bits per heavy atom. The van der Waals surface area contributed by atoms with Gasteiger partial charge in [-0.1, -0.05) is 11.6 Å². The largest absolute Gasteiger partial charge is 0.369 e. The zero-order valence-corrected chi connectivity index (χ0v) is 12.8. The molecule has 1 atom stereocenters. The maximum Gasteiger partial charge on any atom is 0.317 e. The van der Waals surface area contributed by atoms with Gasteiger partial charge < -0.3 is 16.0 Å². The zero-order chi connectivity index (χ0) is 14.7. The third-order valence-corrected chi connectivity index (χ3v) is 4.96. The Bertz CT molecular complexity index is 498. The number of primary amides is 1. The molecular weight excluding hydrogens is 298 g/mol. The van der Waals surface area contributed by atoms with E-state index in [1.165, 1.54) is 11.3 Å². The van der Waals surface area contributed by atoms with Crippen LogP contribution in [-0.4, -0.2) is 29.9 Å². The summed E-state index contributed by atoms with van der Waals surface area (Å²) in [6.07, 6.45) is 1.28. The van der Waals surface area contributed by atoms with Gasteiger partial charge >= 0.3 is 6.03 Å². The second kappa shape index (κ2) is 6.45. The molecule has 1 aliphatic heterocycles. The van der Waals surface area contributed by atoms with Crippen molar-refractivity contribution in [2.24, 2.45) is 11.7 Å². The van der Waals surface area contributed by atoms with Crippen molar-refractivity contribution in [3.63, 3.8) is 0 Å². The van der Waals surface area contributed by atoms with Gasteiger partial charge in [-0.2, -0.15) is 0 Å². The summed E-state index contributed by atoms with van der Waals surface area (Å²) in [6, 6.07) is 3.55. The lowest BCUT2D eigenvalue weighted by molar-refractivity contribution is -0.123. The number of carbonyl (C=O) groups is 2. The molecule has 110 valence electrons. The number of amides is 3. The molecule has 0 saturated carbocycles. The van der Waals surface area contributed by atoms with E-state index in [1.807, 2.05) is 19.1 Å². The van der Waals surface area contributed by atoms with E-state index in [-0.39, 0.29) is 23.9 Å². The molecule has 2 heterocycles. The number of hydrogen-bond acceptors (Lipinski definition) is 3. The molecule has 1 fully saturated rings. The highest BCUT2D eigenvalue weighted by Crippen LogP contribution is 2.27. The van der Waals surface area contributed by atoms with Crippen LogP contribution in [0.15, 0.2) is 12.1 Å². The Morgan fingerprint density at radius 1 is 1.45 bits per heavy atom. The second-order valence-electron chi connectivity index (χ2n) is 4.98. The molecule has 0 bridgehead atoms. The summed E-state index contributed by atoms with van der Waals surface area (Å²) in [5.74, 6) is -0.376. The first-order valence-electron chi connectivity index (χ1n) is 6.57. The lowest BCUT2D eigenvalue weighted by atomic mass is 9.96. The first kappa shape index (κ1) is 15.1.